The van der Waals surface area contributed by atoms with Crippen LogP contribution in [0.4, 0.5) is 11.4 Å². The zero-order chi connectivity index (χ0) is 13.0. The Hall–Kier alpha value is -0.740. The number of rotatable bonds is 3. The smallest absolute Gasteiger partial charge is 0.0597 e. The van der Waals surface area contributed by atoms with Gasteiger partial charge in [-0.15, -0.1) is 0 Å². The van der Waals surface area contributed by atoms with Crippen LogP contribution in [-0.4, -0.2) is 33.4 Å². The average Bonchev–Trinajstić information content (AvgIpc) is 2.57. The normalized spacial score (nSPS) is 20.3. The summed E-state index contributed by atoms with van der Waals surface area (Å²) in [7, 11) is 4.15. The highest BCUT2D eigenvalue weighted by atomic mass is 79.9. The van der Waals surface area contributed by atoms with Gasteiger partial charge in [-0.3, -0.25) is 0 Å². The summed E-state index contributed by atoms with van der Waals surface area (Å²) in [6, 6.07) is 6.89. The summed E-state index contributed by atoms with van der Waals surface area (Å²) in [4.78, 5) is 2.14. The fraction of sp³-hybridized carbons (Fsp3) is 0.571. The van der Waals surface area contributed by atoms with E-state index in [2.05, 4.69) is 58.4 Å². The number of benzene rings is 1. The number of halogens is 1. The molecule has 4 heteroatoms. The van der Waals surface area contributed by atoms with Crippen molar-refractivity contribution in [2.75, 3.05) is 37.5 Å². The first-order valence-corrected chi connectivity index (χ1v) is 7.27. The minimum absolute atomic E-state index is 0.514. The summed E-state index contributed by atoms with van der Waals surface area (Å²) in [6.07, 6.45) is 3.40. The van der Waals surface area contributed by atoms with Crippen molar-refractivity contribution in [2.45, 2.75) is 25.3 Å². The standard InChI is InChI=1S/C14H21BrN2O/c1-17(2)14-6-5-11(15)10-13(14)16-12-4-3-8-18-9-7-12/h5-6,10,12,16H,3-4,7-9H2,1-2H3. The summed E-state index contributed by atoms with van der Waals surface area (Å²) >= 11 is 3.54. The van der Waals surface area contributed by atoms with Crippen LogP contribution >= 0.6 is 15.9 Å². The lowest BCUT2D eigenvalue weighted by Gasteiger charge is -2.23. The summed E-state index contributed by atoms with van der Waals surface area (Å²) in [5, 5.41) is 3.66. The fourth-order valence-corrected chi connectivity index (χ4v) is 2.64. The molecular formula is C14H21BrN2O. The predicted octanol–water partition coefficient (Wildman–Crippen LogP) is 3.50. The first kappa shape index (κ1) is 13.7. The minimum atomic E-state index is 0.514. The highest BCUT2D eigenvalue weighted by Crippen LogP contribution is 2.29. The van der Waals surface area contributed by atoms with E-state index in [9.17, 15) is 0 Å². The van der Waals surface area contributed by atoms with E-state index in [0.29, 0.717) is 6.04 Å². The number of hydrogen-bond donors (Lipinski definition) is 1. The van der Waals surface area contributed by atoms with E-state index in [1.165, 1.54) is 17.8 Å². The van der Waals surface area contributed by atoms with Crippen molar-refractivity contribution >= 4 is 27.3 Å². The Kier molecular flexibility index (Phi) is 4.89. The van der Waals surface area contributed by atoms with Crippen molar-refractivity contribution in [1.29, 1.82) is 0 Å². The van der Waals surface area contributed by atoms with Gasteiger partial charge in [-0.05, 0) is 37.5 Å². The molecule has 1 aliphatic rings. The lowest BCUT2D eigenvalue weighted by atomic mass is 10.1. The van der Waals surface area contributed by atoms with E-state index < -0.39 is 0 Å². The van der Waals surface area contributed by atoms with E-state index in [1.807, 2.05) is 0 Å². The van der Waals surface area contributed by atoms with Crippen molar-refractivity contribution in [1.82, 2.24) is 0 Å². The van der Waals surface area contributed by atoms with E-state index in [-0.39, 0.29) is 0 Å². The van der Waals surface area contributed by atoms with Crippen molar-refractivity contribution in [3.8, 4) is 0 Å². The molecule has 3 nitrogen and oxygen atoms in total. The highest BCUT2D eigenvalue weighted by molar-refractivity contribution is 9.10. The van der Waals surface area contributed by atoms with Crippen molar-refractivity contribution in [3.05, 3.63) is 22.7 Å². The van der Waals surface area contributed by atoms with E-state index in [4.69, 9.17) is 4.74 Å². The summed E-state index contributed by atoms with van der Waals surface area (Å²) in [5.74, 6) is 0. The third kappa shape index (κ3) is 3.62. The van der Waals surface area contributed by atoms with Crippen LogP contribution in [0.2, 0.25) is 0 Å². The van der Waals surface area contributed by atoms with Gasteiger partial charge in [0, 0.05) is 37.8 Å². The lowest BCUT2D eigenvalue weighted by Crippen LogP contribution is -2.21. The molecule has 0 saturated carbocycles. The quantitative estimate of drug-likeness (QED) is 0.924. The van der Waals surface area contributed by atoms with Crippen molar-refractivity contribution in [3.63, 3.8) is 0 Å². The molecule has 1 N–H and O–H groups in total. The summed E-state index contributed by atoms with van der Waals surface area (Å²) < 4.78 is 6.62. The molecule has 0 aliphatic carbocycles. The van der Waals surface area contributed by atoms with Crippen LogP contribution in [0.15, 0.2) is 22.7 Å². The third-order valence-corrected chi connectivity index (χ3v) is 3.75. The Morgan fingerprint density at radius 3 is 2.89 bits per heavy atom. The van der Waals surface area contributed by atoms with Gasteiger partial charge >= 0.3 is 0 Å². The monoisotopic (exact) mass is 312 g/mol. The molecule has 0 amide bonds. The SMILES string of the molecule is CN(C)c1ccc(Br)cc1NC1CCCOCC1. The summed E-state index contributed by atoms with van der Waals surface area (Å²) in [6.45, 7) is 1.76. The molecule has 0 bridgehead atoms. The molecule has 1 aromatic rings. The lowest BCUT2D eigenvalue weighted by molar-refractivity contribution is 0.144. The minimum Gasteiger partial charge on any atom is -0.381 e. The van der Waals surface area contributed by atoms with Crippen LogP contribution in [0.1, 0.15) is 19.3 Å². The molecule has 1 aromatic carbocycles. The van der Waals surface area contributed by atoms with Gasteiger partial charge in [0.2, 0.25) is 0 Å². The molecule has 1 atom stereocenters. The van der Waals surface area contributed by atoms with Crippen LogP contribution in [0.25, 0.3) is 0 Å². The molecular weight excluding hydrogens is 292 g/mol. The van der Waals surface area contributed by atoms with Crippen LogP contribution in [0, 0.1) is 0 Å². The molecule has 1 heterocycles. The van der Waals surface area contributed by atoms with Gasteiger partial charge in [0.1, 0.15) is 0 Å². The molecule has 18 heavy (non-hydrogen) atoms. The van der Waals surface area contributed by atoms with Gasteiger partial charge < -0.3 is 15.0 Å². The Morgan fingerprint density at radius 1 is 1.28 bits per heavy atom. The van der Waals surface area contributed by atoms with Gasteiger partial charge in [-0.25, -0.2) is 0 Å². The Bertz CT molecular complexity index is 387. The first-order chi connectivity index (χ1) is 8.66. The largest absolute Gasteiger partial charge is 0.381 e. The van der Waals surface area contributed by atoms with Gasteiger partial charge in [0.05, 0.1) is 11.4 Å². The third-order valence-electron chi connectivity index (χ3n) is 3.25. The van der Waals surface area contributed by atoms with Gasteiger partial charge in [-0.1, -0.05) is 15.9 Å². The second-order valence-electron chi connectivity index (χ2n) is 4.94. The first-order valence-electron chi connectivity index (χ1n) is 6.48. The van der Waals surface area contributed by atoms with Crippen molar-refractivity contribution < 1.29 is 4.74 Å². The Morgan fingerprint density at radius 2 is 2.11 bits per heavy atom. The van der Waals surface area contributed by atoms with Crippen LogP contribution in [0.3, 0.4) is 0 Å². The molecule has 1 saturated heterocycles. The van der Waals surface area contributed by atoms with Gasteiger partial charge in [-0.2, -0.15) is 0 Å². The second kappa shape index (κ2) is 6.43. The molecule has 1 unspecified atom stereocenters. The number of hydrogen-bond acceptors (Lipinski definition) is 3. The molecule has 1 fully saturated rings. The van der Waals surface area contributed by atoms with E-state index >= 15 is 0 Å². The molecule has 100 valence electrons. The number of nitrogens with one attached hydrogen (secondary N) is 1. The highest BCUT2D eigenvalue weighted by Gasteiger charge is 2.14. The number of ether oxygens (including phenoxy) is 1. The Balaban J connectivity index is 2.13. The molecule has 0 radical (unpaired) electrons. The Labute approximate surface area is 118 Å². The van der Waals surface area contributed by atoms with Crippen LogP contribution in [0.5, 0.6) is 0 Å². The number of anilines is 2. The second-order valence-corrected chi connectivity index (χ2v) is 5.86. The molecule has 0 spiro atoms. The number of nitrogens with zero attached hydrogens (tertiary/aromatic N) is 1. The summed E-state index contributed by atoms with van der Waals surface area (Å²) in [5.41, 5.74) is 2.42. The van der Waals surface area contributed by atoms with Gasteiger partial charge in [0.25, 0.3) is 0 Å². The van der Waals surface area contributed by atoms with E-state index in [0.717, 1.165) is 30.5 Å². The van der Waals surface area contributed by atoms with Gasteiger partial charge in [0.15, 0.2) is 0 Å². The fourth-order valence-electron chi connectivity index (χ4n) is 2.28. The molecule has 1 aliphatic heterocycles. The zero-order valence-corrected chi connectivity index (χ0v) is 12.7. The zero-order valence-electron chi connectivity index (χ0n) is 11.1. The predicted molar refractivity (Wildman–Crippen MR) is 80.5 cm³/mol. The maximum atomic E-state index is 5.50. The maximum absolute atomic E-state index is 5.50. The van der Waals surface area contributed by atoms with Crippen LogP contribution in [-0.2, 0) is 4.74 Å². The van der Waals surface area contributed by atoms with Crippen LogP contribution < -0.4 is 10.2 Å². The van der Waals surface area contributed by atoms with E-state index in [1.54, 1.807) is 0 Å². The maximum Gasteiger partial charge on any atom is 0.0597 e. The molecule has 2 rings (SSSR count). The van der Waals surface area contributed by atoms with Crippen molar-refractivity contribution in [2.24, 2.45) is 0 Å². The topological polar surface area (TPSA) is 24.5 Å². The molecule has 0 aromatic heterocycles. The average molecular weight is 313 g/mol.